The Labute approximate surface area is 90.9 Å². The summed E-state index contributed by atoms with van der Waals surface area (Å²) in [5, 5.41) is 6.39. The lowest BCUT2D eigenvalue weighted by Gasteiger charge is -2.26. The first kappa shape index (κ1) is 8.94. The molecule has 1 aliphatic rings. The van der Waals surface area contributed by atoms with Gasteiger partial charge in [0, 0.05) is 22.0 Å². The van der Waals surface area contributed by atoms with E-state index in [1.807, 2.05) is 0 Å². The van der Waals surface area contributed by atoms with Crippen LogP contribution in [-0.2, 0) is 0 Å². The van der Waals surface area contributed by atoms with Gasteiger partial charge in [-0.25, -0.2) is 0 Å². The van der Waals surface area contributed by atoms with Gasteiger partial charge in [-0.05, 0) is 26.7 Å². The summed E-state index contributed by atoms with van der Waals surface area (Å²) in [5.41, 5.74) is 2.54. The molecule has 0 saturated heterocycles. The van der Waals surface area contributed by atoms with Gasteiger partial charge >= 0.3 is 0 Å². The van der Waals surface area contributed by atoms with Crippen molar-refractivity contribution in [1.82, 2.24) is 0 Å². The molecule has 0 unspecified atom stereocenters. The molecule has 0 bridgehead atoms. The molecule has 15 heavy (non-hydrogen) atoms. The van der Waals surface area contributed by atoms with Crippen LogP contribution in [-0.4, -0.2) is 6.66 Å². The van der Waals surface area contributed by atoms with E-state index in [2.05, 4.69) is 60.5 Å². The minimum absolute atomic E-state index is 0.186. The molecule has 2 heteroatoms. The number of hydrogen-bond donors (Lipinski definition) is 1. The van der Waals surface area contributed by atoms with E-state index in [1.165, 1.54) is 22.0 Å². The third kappa shape index (κ3) is 1.35. The van der Waals surface area contributed by atoms with Crippen molar-refractivity contribution in [3.05, 3.63) is 48.5 Å². The van der Waals surface area contributed by atoms with Gasteiger partial charge in [0.05, 0.1) is 0 Å². The number of rotatable bonds is 0. The summed E-state index contributed by atoms with van der Waals surface area (Å²) < 4.78 is 0. The molecule has 74 valence electrons. The third-order valence-corrected chi connectivity index (χ3v) is 5.03. The summed E-state index contributed by atoms with van der Waals surface area (Å²) in [6.07, 6.45) is 0. The summed E-state index contributed by atoms with van der Waals surface area (Å²) in [6.45, 7) is 2.33. The Morgan fingerprint density at radius 2 is 1.27 bits per heavy atom. The Kier molecular flexibility index (Phi) is 2.00. The maximum Gasteiger partial charge on any atom is 0.0465 e. The first-order chi connectivity index (χ1) is 7.36. The summed E-state index contributed by atoms with van der Waals surface area (Å²) in [7, 11) is -0.186. The van der Waals surface area contributed by atoms with Crippen molar-refractivity contribution in [3.63, 3.8) is 0 Å². The van der Waals surface area contributed by atoms with Gasteiger partial charge in [-0.15, -0.1) is 0 Å². The van der Waals surface area contributed by atoms with Crippen molar-refractivity contribution in [2.24, 2.45) is 0 Å². The molecular weight excluding hydrogens is 201 g/mol. The molecule has 0 atom stereocenters. The topological polar surface area (TPSA) is 12.0 Å². The van der Waals surface area contributed by atoms with Gasteiger partial charge in [0.1, 0.15) is 0 Å². The van der Waals surface area contributed by atoms with Crippen LogP contribution < -0.4 is 15.9 Å². The average molecular weight is 213 g/mol. The molecule has 0 aliphatic carbocycles. The van der Waals surface area contributed by atoms with E-state index in [0.717, 1.165) is 0 Å². The Balaban J connectivity index is 2.20. The highest BCUT2D eigenvalue weighted by Crippen LogP contribution is 2.39. The number of fused-ring (bicyclic) bond motifs is 2. The van der Waals surface area contributed by atoms with Crippen molar-refractivity contribution in [2.45, 2.75) is 0 Å². The van der Waals surface area contributed by atoms with Crippen LogP contribution in [0.3, 0.4) is 0 Å². The summed E-state index contributed by atoms with van der Waals surface area (Å²) in [4.78, 5) is 0. The van der Waals surface area contributed by atoms with Crippen molar-refractivity contribution in [2.75, 3.05) is 12.0 Å². The molecule has 3 rings (SSSR count). The molecule has 1 aliphatic heterocycles. The van der Waals surface area contributed by atoms with Crippen molar-refractivity contribution in [1.29, 1.82) is 0 Å². The molecule has 0 spiro atoms. The normalized spacial score (nSPS) is 13.9. The minimum atomic E-state index is -0.186. The van der Waals surface area contributed by atoms with E-state index >= 15 is 0 Å². The first-order valence-corrected chi connectivity index (χ1v) is 6.84. The maximum atomic E-state index is 3.49. The smallest absolute Gasteiger partial charge is 0.0465 e. The second-order valence-corrected chi connectivity index (χ2v) is 5.80. The number of benzene rings is 2. The van der Waals surface area contributed by atoms with Crippen LogP contribution in [0.15, 0.2) is 48.5 Å². The standard InChI is InChI=1S/C13H12NP/c1-15-12-8-4-2-6-10(12)14-11-7-3-5-9-13(11)15/h2-9,14H,1H3. The molecule has 0 amide bonds. The van der Waals surface area contributed by atoms with Gasteiger partial charge in [0.25, 0.3) is 0 Å². The fraction of sp³-hybridized carbons (Fsp3) is 0.0769. The van der Waals surface area contributed by atoms with Crippen molar-refractivity contribution < 1.29 is 0 Å². The highest BCUT2D eigenvalue weighted by molar-refractivity contribution is 7.73. The number of nitrogens with one attached hydrogen (secondary N) is 1. The summed E-state index contributed by atoms with van der Waals surface area (Å²) in [5.74, 6) is 0. The van der Waals surface area contributed by atoms with Gasteiger partial charge in [-0.2, -0.15) is 0 Å². The van der Waals surface area contributed by atoms with E-state index in [4.69, 9.17) is 0 Å². The molecular formula is C13H12NP. The fourth-order valence-electron chi connectivity index (χ4n) is 2.02. The molecule has 0 radical (unpaired) electrons. The van der Waals surface area contributed by atoms with Crippen molar-refractivity contribution in [3.8, 4) is 0 Å². The van der Waals surface area contributed by atoms with Crippen LogP contribution in [0.5, 0.6) is 0 Å². The third-order valence-electron chi connectivity index (χ3n) is 2.80. The van der Waals surface area contributed by atoms with Gasteiger partial charge < -0.3 is 5.32 Å². The van der Waals surface area contributed by atoms with Crippen LogP contribution >= 0.6 is 7.92 Å². The highest BCUT2D eigenvalue weighted by Gasteiger charge is 2.20. The lowest BCUT2D eigenvalue weighted by atomic mass is 10.2. The number of para-hydroxylation sites is 2. The number of anilines is 2. The molecule has 1 nitrogen and oxygen atoms in total. The molecule has 2 aromatic carbocycles. The van der Waals surface area contributed by atoms with Gasteiger partial charge in [-0.3, -0.25) is 0 Å². The quantitative estimate of drug-likeness (QED) is 0.663. The largest absolute Gasteiger partial charge is 0.354 e. The van der Waals surface area contributed by atoms with Crippen LogP contribution in [0.4, 0.5) is 11.4 Å². The van der Waals surface area contributed by atoms with E-state index < -0.39 is 0 Å². The van der Waals surface area contributed by atoms with E-state index in [9.17, 15) is 0 Å². The minimum Gasteiger partial charge on any atom is -0.354 e. The Bertz CT molecular complexity index is 462. The van der Waals surface area contributed by atoms with Gasteiger partial charge in [0.2, 0.25) is 0 Å². The zero-order valence-corrected chi connectivity index (χ0v) is 9.46. The predicted molar refractivity (Wildman–Crippen MR) is 68.3 cm³/mol. The van der Waals surface area contributed by atoms with Gasteiger partial charge in [-0.1, -0.05) is 36.4 Å². The monoisotopic (exact) mass is 213 g/mol. The molecule has 0 saturated carbocycles. The second-order valence-electron chi connectivity index (χ2n) is 3.72. The molecule has 0 fully saturated rings. The summed E-state index contributed by atoms with van der Waals surface area (Å²) >= 11 is 0. The van der Waals surface area contributed by atoms with Crippen LogP contribution in [0, 0.1) is 0 Å². The maximum absolute atomic E-state index is 3.49. The molecule has 2 aromatic rings. The lowest BCUT2D eigenvalue weighted by Crippen LogP contribution is -2.22. The molecule has 1 heterocycles. The van der Waals surface area contributed by atoms with E-state index in [-0.39, 0.29) is 7.92 Å². The Morgan fingerprint density at radius 3 is 1.80 bits per heavy atom. The Hall–Kier alpha value is -1.33. The van der Waals surface area contributed by atoms with Crippen LogP contribution in [0.25, 0.3) is 0 Å². The van der Waals surface area contributed by atoms with Crippen LogP contribution in [0.2, 0.25) is 0 Å². The summed E-state index contributed by atoms with van der Waals surface area (Å²) in [6, 6.07) is 17.2. The Morgan fingerprint density at radius 1 is 0.800 bits per heavy atom. The van der Waals surface area contributed by atoms with E-state index in [1.54, 1.807) is 0 Å². The average Bonchev–Trinajstić information content (AvgIpc) is 2.30. The van der Waals surface area contributed by atoms with Crippen LogP contribution in [0.1, 0.15) is 0 Å². The zero-order valence-electron chi connectivity index (χ0n) is 8.57. The fourth-order valence-corrected chi connectivity index (χ4v) is 3.88. The number of hydrogen-bond acceptors (Lipinski definition) is 1. The second kappa shape index (κ2) is 3.36. The highest BCUT2D eigenvalue weighted by atomic mass is 31.1. The molecule has 0 aromatic heterocycles. The van der Waals surface area contributed by atoms with Crippen molar-refractivity contribution >= 4 is 29.9 Å². The molecule has 1 N–H and O–H groups in total. The first-order valence-electron chi connectivity index (χ1n) is 5.05. The lowest BCUT2D eigenvalue weighted by molar-refractivity contribution is 1.58. The predicted octanol–water partition coefficient (Wildman–Crippen LogP) is 2.81. The zero-order chi connectivity index (χ0) is 10.3. The van der Waals surface area contributed by atoms with E-state index in [0.29, 0.717) is 0 Å². The SMILES string of the molecule is CP1c2ccccc2Nc2ccccc21. The van der Waals surface area contributed by atoms with Gasteiger partial charge in [0.15, 0.2) is 0 Å².